The highest BCUT2D eigenvalue weighted by Crippen LogP contribution is 2.28. The van der Waals surface area contributed by atoms with Crippen molar-refractivity contribution in [2.24, 2.45) is 0 Å². The summed E-state index contributed by atoms with van der Waals surface area (Å²) in [5.41, 5.74) is 3.13. The maximum Gasteiger partial charge on any atom is 0.419 e. The van der Waals surface area contributed by atoms with Crippen LogP contribution < -0.4 is 10.6 Å². The number of carbonyl (C=O) groups excluding carboxylic acids is 4. The molecule has 45 heavy (non-hydrogen) atoms. The number of pyridine rings is 1. The summed E-state index contributed by atoms with van der Waals surface area (Å²) in [5.74, 6) is -1.10. The van der Waals surface area contributed by atoms with Gasteiger partial charge >= 0.3 is 12.1 Å². The largest absolute Gasteiger partial charge is 0.424 e. The second-order valence-electron chi connectivity index (χ2n) is 9.72. The molecule has 5 rings (SSSR count). The molecule has 2 N–H and O–H groups in total. The predicted molar refractivity (Wildman–Crippen MR) is 159 cm³/mol. The summed E-state index contributed by atoms with van der Waals surface area (Å²) in [6, 6.07) is 9.71. The van der Waals surface area contributed by atoms with Crippen LogP contribution in [0, 0.1) is 13.8 Å². The van der Waals surface area contributed by atoms with Crippen molar-refractivity contribution < 1.29 is 33.2 Å². The van der Waals surface area contributed by atoms with E-state index in [1.165, 1.54) is 47.8 Å². The van der Waals surface area contributed by atoms with E-state index in [-0.39, 0.29) is 29.4 Å². The molecule has 0 aliphatic heterocycles. The first-order valence-electron chi connectivity index (χ1n) is 13.7. The molecule has 0 spiro atoms. The van der Waals surface area contributed by atoms with E-state index in [1.54, 1.807) is 38.1 Å². The lowest BCUT2D eigenvalue weighted by Crippen LogP contribution is -2.38. The zero-order chi connectivity index (χ0) is 31.9. The third-order valence-electron chi connectivity index (χ3n) is 6.67. The van der Waals surface area contributed by atoms with Crippen LogP contribution >= 0.6 is 0 Å². The number of fused-ring (bicyclic) bond motifs is 1. The van der Waals surface area contributed by atoms with Gasteiger partial charge in [-0.3, -0.25) is 14.6 Å². The summed E-state index contributed by atoms with van der Waals surface area (Å²) in [4.78, 5) is 60.6. The van der Waals surface area contributed by atoms with Crippen molar-refractivity contribution in [3.05, 3.63) is 95.4 Å². The molecule has 0 saturated carbocycles. The van der Waals surface area contributed by atoms with Crippen molar-refractivity contribution in [2.45, 2.75) is 27.2 Å². The third kappa shape index (κ3) is 6.77. The van der Waals surface area contributed by atoms with Crippen LogP contribution in [0.4, 0.5) is 22.1 Å². The number of benzene rings is 1. The van der Waals surface area contributed by atoms with Crippen LogP contribution in [0.2, 0.25) is 0 Å². The zero-order valence-corrected chi connectivity index (χ0v) is 24.5. The topological polar surface area (TPSA) is 183 Å². The Morgan fingerprint density at radius 3 is 2.64 bits per heavy atom. The van der Waals surface area contributed by atoms with Crippen molar-refractivity contribution in [1.29, 1.82) is 0 Å². The van der Waals surface area contributed by atoms with Gasteiger partial charge in [0.2, 0.25) is 6.79 Å². The quantitative estimate of drug-likeness (QED) is 0.166. The van der Waals surface area contributed by atoms with Gasteiger partial charge in [0.05, 0.1) is 11.1 Å². The Kier molecular flexibility index (Phi) is 9.07. The van der Waals surface area contributed by atoms with Crippen LogP contribution in [-0.2, 0) is 9.47 Å². The van der Waals surface area contributed by atoms with Gasteiger partial charge < -0.3 is 24.6 Å². The van der Waals surface area contributed by atoms with Crippen molar-refractivity contribution >= 4 is 46.7 Å². The molecule has 0 saturated heterocycles. The van der Waals surface area contributed by atoms with E-state index in [2.05, 4.69) is 30.9 Å². The average molecular weight is 613 g/mol. The van der Waals surface area contributed by atoms with E-state index < -0.39 is 24.8 Å². The molecule has 0 atom stereocenters. The normalized spacial score (nSPS) is 10.7. The number of ether oxygens (including phenoxy) is 2. The van der Waals surface area contributed by atoms with Crippen LogP contribution in [0.3, 0.4) is 0 Å². The second-order valence-corrected chi connectivity index (χ2v) is 9.72. The number of aryl methyl sites for hydroxylation is 2. The van der Waals surface area contributed by atoms with Gasteiger partial charge in [0.1, 0.15) is 18.1 Å². The molecule has 4 aromatic heterocycles. The molecule has 0 radical (unpaired) electrons. The fourth-order valence-corrected chi connectivity index (χ4v) is 4.38. The molecule has 1 aromatic carbocycles. The third-order valence-corrected chi connectivity index (χ3v) is 6.67. The highest BCUT2D eigenvalue weighted by Gasteiger charge is 2.28. The van der Waals surface area contributed by atoms with Crippen molar-refractivity contribution in [3.63, 3.8) is 0 Å². The molecule has 3 amide bonds. The van der Waals surface area contributed by atoms with Crippen LogP contribution in [0.1, 0.15) is 55.5 Å². The van der Waals surface area contributed by atoms with E-state index in [0.29, 0.717) is 34.6 Å². The molecule has 0 aliphatic carbocycles. The Bertz CT molecular complexity index is 1860. The molecule has 0 unspecified atom stereocenters. The Morgan fingerprint density at radius 2 is 1.91 bits per heavy atom. The van der Waals surface area contributed by atoms with Crippen molar-refractivity contribution in [3.8, 4) is 0 Å². The minimum absolute atomic E-state index is 0.0546. The van der Waals surface area contributed by atoms with Crippen LogP contribution in [0.15, 0.2) is 72.1 Å². The first kappa shape index (κ1) is 30.3. The summed E-state index contributed by atoms with van der Waals surface area (Å²) in [7, 11) is 0. The van der Waals surface area contributed by atoms with Crippen molar-refractivity contribution in [1.82, 2.24) is 29.6 Å². The average Bonchev–Trinajstić information content (AvgIpc) is 3.68. The van der Waals surface area contributed by atoms with E-state index in [1.807, 2.05) is 6.92 Å². The Hall–Kier alpha value is -6.12. The maximum atomic E-state index is 13.6. The van der Waals surface area contributed by atoms with Gasteiger partial charge in [0.25, 0.3) is 11.8 Å². The number of hydrogen-bond acceptors (Lipinski definition) is 12. The number of nitrogens with one attached hydrogen (secondary N) is 2. The molecule has 0 fully saturated rings. The van der Waals surface area contributed by atoms with Gasteiger partial charge in [0.15, 0.2) is 11.6 Å². The van der Waals surface area contributed by atoms with Crippen LogP contribution in [-0.4, -0.2) is 66.9 Å². The van der Waals surface area contributed by atoms with Gasteiger partial charge in [0, 0.05) is 42.5 Å². The number of nitrogens with zero attached hydrogens (tertiary/aromatic N) is 6. The first-order valence-corrected chi connectivity index (χ1v) is 13.7. The Balaban J connectivity index is 1.34. The smallest absolute Gasteiger partial charge is 0.419 e. The number of aromatic nitrogens is 5. The van der Waals surface area contributed by atoms with Gasteiger partial charge in [-0.2, -0.15) is 5.10 Å². The second kappa shape index (κ2) is 13.5. The van der Waals surface area contributed by atoms with Crippen LogP contribution in [0.25, 0.3) is 5.52 Å². The van der Waals surface area contributed by atoms with E-state index in [0.717, 1.165) is 10.5 Å². The monoisotopic (exact) mass is 612 g/mol. The van der Waals surface area contributed by atoms with E-state index in [9.17, 15) is 19.2 Å². The summed E-state index contributed by atoms with van der Waals surface area (Å²) in [5, 5.41) is 13.8. The molecule has 15 heteroatoms. The number of carbonyl (C=O) groups is 4. The SMILES string of the molecule is CCCN(C(=O)OCOC(=O)c1cccnc1)C(=O)c1cn2ncnc(Nc3cc(C(=O)Nc4ccon4)ccc3C)c2c1C. The van der Waals surface area contributed by atoms with E-state index >= 15 is 0 Å². The molecular weight excluding hydrogens is 584 g/mol. The molecule has 4 heterocycles. The van der Waals surface area contributed by atoms with Crippen LogP contribution in [0.5, 0.6) is 0 Å². The van der Waals surface area contributed by atoms with Gasteiger partial charge in [-0.05, 0) is 55.7 Å². The highest BCUT2D eigenvalue weighted by atomic mass is 16.7. The van der Waals surface area contributed by atoms with E-state index in [4.69, 9.17) is 14.0 Å². The molecule has 15 nitrogen and oxygen atoms in total. The number of amides is 3. The molecule has 0 aliphatic rings. The predicted octanol–water partition coefficient (Wildman–Crippen LogP) is 4.53. The number of rotatable bonds is 10. The molecule has 5 aromatic rings. The van der Waals surface area contributed by atoms with Gasteiger partial charge in [-0.25, -0.2) is 24.0 Å². The van der Waals surface area contributed by atoms with Crippen molar-refractivity contribution in [2.75, 3.05) is 24.0 Å². The lowest BCUT2D eigenvalue weighted by atomic mass is 10.1. The maximum absolute atomic E-state index is 13.6. The summed E-state index contributed by atoms with van der Waals surface area (Å²) in [6.45, 7) is 4.73. The van der Waals surface area contributed by atoms with Gasteiger partial charge in [-0.15, -0.1) is 0 Å². The Labute approximate surface area is 256 Å². The summed E-state index contributed by atoms with van der Waals surface area (Å²) >= 11 is 0. The lowest BCUT2D eigenvalue weighted by Gasteiger charge is -2.19. The number of anilines is 3. The fraction of sp³-hybridized carbons (Fsp3) is 0.200. The fourth-order valence-electron chi connectivity index (χ4n) is 4.38. The highest BCUT2D eigenvalue weighted by molar-refractivity contribution is 6.06. The minimum Gasteiger partial charge on any atom is -0.424 e. The standard InChI is InChI=1S/C30H28N8O7/c1-4-11-37(30(42)44-17-43-29(41)21-6-5-10-31-14-21)28(40)22-15-38-25(19(22)3)26(32-16-33-38)34-23-13-20(8-7-18(23)2)27(39)35-24-9-12-45-36-24/h5-10,12-16H,4,11,17H2,1-3H3,(H,32,33,34)(H,35,36,39). The number of esters is 1. The molecular formula is C30H28N8O7. The van der Waals surface area contributed by atoms with Gasteiger partial charge in [-0.1, -0.05) is 18.1 Å². The lowest BCUT2D eigenvalue weighted by molar-refractivity contribution is -0.0105. The minimum atomic E-state index is -0.976. The molecule has 0 bridgehead atoms. The number of imide groups is 1. The summed E-state index contributed by atoms with van der Waals surface area (Å²) in [6.07, 6.45) is 6.46. The zero-order valence-electron chi connectivity index (χ0n) is 24.5. The number of hydrogen-bond donors (Lipinski definition) is 2. The Morgan fingerprint density at radius 1 is 1.07 bits per heavy atom. The first-order chi connectivity index (χ1) is 21.8. The summed E-state index contributed by atoms with van der Waals surface area (Å²) < 4.78 is 16.3. The molecule has 230 valence electrons.